The zero-order chi connectivity index (χ0) is 12.7. The maximum Gasteiger partial charge on any atom is 0.202 e. The van der Waals surface area contributed by atoms with Crippen LogP contribution in [-0.4, -0.2) is 27.7 Å². The first kappa shape index (κ1) is 11.9. The van der Waals surface area contributed by atoms with Crippen molar-refractivity contribution >= 4 is 33.0 Å². The highest BCUT2D eigenvalue weighted by Crippen LogP contribution is 2.31. The number of aromatic nitrogens is 3. The highest BCUT2D eigenvalue weighted by molar-refractivity contribution is 9.10. The van der Waals surface area contributed by atoms with Crippen molar-refractivity contribution in [3.05, 3.63) is 16.7 Å². The van der Waals surface area contributed by atoms with E-state index in [-0.39, 0.29) is 6.04 Å². The van der Waals surface area contributed by atoms with Crippen LogP contribution < -0.4 is 5.73 Å². The fraction of sp³-hybridized carbons (Fsp3) is 0.500. The summed E-state index contributed by atoms with van der Waals surface area (Å²) in [7, 11) is 0. The van der Waals surface area contributed by atoms with Crippen molar-refractivity contribution in [1.82, 2.24) is 14.5 Å². The van der Waals surface area contributed by atoms with Crippen LogP contribution in [0.5, 0.6) is 0 Å². The number of hydrogen-bond donors (Lipinski definition) is 1. The Balaban J connectivity index is 2.07. The molecule has 5 nitrogen and oxygen atoms in total. The summed E-state index contributed by atoms with van der Waals surface area (Å²) in [6.07, 6.45) is 2.84. The SMILES string of the molecule is CC(C1CCOC1)n1c(N)nc2cc(Br)cnc21. The number of nitrogens with zero attached hydrogens (tertiary/aromatic N) is 3. The van der Waals surface area contributed by atoms with Crippen LogP contribution >= 0.6 is 15.9 Å². The molecule has 0 aromatic carbocycles. The molecule has 1 aliphatic rings. The number of imidazole rings is 1. The minimum atomic E-state index is 0.256. The van der Waals surface area contributed by atoms with Crippen molar-refractivity contribution in [2.24, 2.45) is 5.92 Å². The van der Waals surface area contributed by atoms with E-state index in [0.29, 0.717) is 11.9 Å². The molecule has 0 bridgehead atoms. The van der Waals surface area contributed by atoms with E-state index in [1.54, 1.807) is 6.20 Å². The molecule has 1 aliphatic heterocycles. The third-order valence-corrected chi connectivity index (χ3v) is 4.01. The topological polar surface area (TPSA) is 66.0 Å². The lowest BCUT2D eigenvalue weighted by molar-refractivity contribution is 0.176. The minimum Gasteiger partial charge on any atom is -0.381 e. The number of pyridine rings is 1. The molecule has 2 aromatic heterocycles. The summed E-state index contributed by atoms with van der Waals surface area (Å²) in [5, 5.41) is 0. The van der Waals surface area contributed by atoms with E-state index in [1.807, 2.05) is 10.6 Å². The summed E-state index contributed by atoms with van der Waals surface area (Å²) < 4.78 is 8.37. The lowest BCUT2D eigenvalue weighted by Crippen LogP contribution is -2.18. The molecule has 2 atom stereocenters. The molecule has 96 valence electrons. The second-order valence-electron chi connectivity index (χ2n) is 4.70. The van der Waals surface area contributed by atoms with Gasteiger partial charge in [-0.3, -0.25) is 4.57 Å². The van der Waals surface area contributed by atoms with Gasteiger partial charge in [-0.1, -0.05) is 0 Å². The quantitative estimate of drug-likeness (QED) is 0.925. The van der Waals surface area contributed by atoms with E-state index in [0.717, 1.165) is 35.3 Å². The molecule has 2 N–H and O–H groups in total. The number of halogens is 1. The molecule has 0 amide bonds. The Hall–Kier alpha value is -1.14. The van der Waals surface area contributed by atoms with Crippen LogP contribution in [-0.2, 0) is 4.74 Å². The smallest absolute Gasteiger partial charge is 0.202 e. The molecule has 6 heteroatoms. The van der Waals surface area contributed by atoms with E-state index in [9.17, 15) is 0 Å². The molecule has 2 aromatic rings. The van der Waals surface area contributed by atoms with Crippen LogP contribution in [0.1, 0.15) is 19.4 Å². The fourth-order valence-electron chi connectivity index (χ4n) is 2.52. The number of fused-ring (bicyclic) bond motifs is 1. The van der Waals surface area contributed by atoms with Crippen LogP contribution in [0.25, 0.3) is 11.2 Å². The number of anilines is 1. The molecule has 1 saturated heterocycles. The third kappa shape index (κ3) is 1.89. The third-order valence-electron chi connectivity index (χ3n) is 3.58. The second-order valence-corrected chi connectivity index (χ2v) is 5.62. The molecule has 3 heterocycles. The Bertz CT molecular complexity index is 577. The second kappa shape index (κ2) is 4.51. The minimum absolute atomic E-state index is 0.256. The van der Waals surface area contributed by atoms with Crippen LogP contribution in [0.3, 0.4) is 0 Å². The first-order valence-electron chi connectivity index (χ1n) is 6.03. The largest absolute Gasteiger partial charge is 0.381 e. The average molecular weight is 311 g/mol. The van der Waals surface area contributed by atoms with Crippen LogP contribution in [0.15, 0.2) is 16.7 Å². The Kier molecular flexibility index (Phi) is 2.99. The highest BCUT2D eigenvalue weighted by atomic mass is 79.9. The number of hydrogen-bond acceptors (Lipinski definition) is 4. The molecule has 0 radical (unpaired) electrons. The lowest BCUT2D eigenvalue weighted by Gasteiger charge is -2.20. The van der Waals surface area contributed by atoms with Gasteiger partial charge in [0.2, 0.25) is 5.95 Å². The van der Waals surface area contributed by atoms with Crippen molar-refractivity contribution in [1.29, 1.82) is 0 Å². The van der Waals surface area contributed by atoms with Gasteiger partial charge in [-0.2, -0.15) is 0 Å². The normalized spacial score (nSPS) is 21.6. The molecule has 3 rings (SSSR count). The van der Waals surface area contributed by atoms with Gasteiger partial charge in [0.1, 0.15) is 5.52 Å². The summed E-state index contributed by atoms with van der Waals surface area (Å²) in [4.78, 5) is 8.80. The molecule has 0 saturated carbocycles. The summed E-state index contributed by atoms with van der Waals surface area (Å²) in [5.41, 5.74) is 7.70. The number of rotatable bonds is 2. The Morgan fingerprint density at radius 2 is 2.44 bits per heavy atom. The van der Waals surface area contributed by atoms with Crippen LogP contribution in [0, 0.1) is 5.92 Å². The molecule has 0 spiro atoms. The van der Waals surface area contributed by atoms with E-state index in [4.69, 9.17) is 10.5 Å². The van der Waals surface area contributed by atoms with Gasteiger partial charge in [0.05, 0.1) is 6.61 Å². The highest BCUT2D eigenvalue weighted by Gasteiger charge is 2.26. The van der Waals surface area contributed by atoms with Crippen molar-refractivity contribution < 1.29 is 4.74 Å². The van der Waals surface area contributed by atoms with Gasteiger partial charge < -0.3 is 10.5 Å². The van der Waals surface area contributed by atoms with Crippen LogP contribution in [0.2, 0.25) is 0 Å². The van der Waals surface area contributed by atoms with Crippen LogP contribution in [0.4, 0.5) is 5.95 Å². The predicted molar refractivity (Wildman–Crippen MR) is 73.3 cm³/mol. The van der Waals surface area contributed by atoms with Crippen molar-refractivity contribution in [2.45, 2.75) is 19.4 Å². The summed E-state index contributed by atoms with van der Waals surface area (Å²) in [6.45, 7) is 3.78. The van der Waals surface area contributed by atoms with Crippen molar-refractivity contribution in [3.63, 3.8) is 0 Å². The first-order chi connectivity index (χ1) is 8.66. The van der Waals surface area contributed by atoms with Gasteiger partial charge in [-0.05, 0) is 35.3 Å². The first-order valence-corrected chi connectivity index (χ1v) is 6.83. The molecule has 2 unspecified atom stereocenters. The van der Waals surface area contributed by atoms with E-state index in [1.165, 1.54) is 0 Å². The number of nitrogens with two attached hydrogens (primary N) is 1. The summed E-state index contributed by atoms with van der Waals surface area (Å²) >= 11 is 3.40. The average Bonchev–Trinajstić information content (AvgIpc) is 2.94. The van der Waals surface area contributed by atoms with Gasteiger partial charge in [0.25, 0.3) is 0 Å². The molecule has 1 fully saturated rings. The number of ether oxygens (including phenoxy) is 1. The molecular weight excluding hydrogens is 296 g/mol. The van der Waals surface area contributed by atoms with Gasteiger partial charge in [0, 0.05) is 29.2 Å². The van der Waals surface area contributed by atoms with Gasteiger partial charge in [-0.25, -0.2) is 9.97 Å². The Morgan fingerprint density at radius 1 is 1.61 bits per heavy atom. The molecule has 0 aliphatic carbocycles. The van der Waals surface area contributed by atoms with Gasteiger partial charge in [-0.15, -0.1) is 0 Å². The maximum atomic E-state index is 6.03. The fourth-order valence-corrected chi connectivity index (χ4v) is 2.84. The van der Waals surface area contributed by atoms with Crippen molar-refractivity contribution in [3.8, 4) is 0 Å². The van der Waals surface area contributed by atoms with Gasteiger partial charge >= 0.3 is 0 Å². The summed E-state index contributed by atoms with van der Waals surface area (Å²) in [6, 6.07) is 2.19. The van der Waals surface area contributed by atoms with E-state index in [2.05, 4.69) is 32.8 Å². The van der Waals surface area contributed by atoms with Gasteiger partial charge in [0.15, 0.2) is 5.65 Å². The molecule has 18 heavy (non-hydrogen) atoms. The number of nitrogen functional groups attached to an aromatic ring is 1. The van der Waals surface area contributed by atoms with Crippen molar-refractivity contribution in [2.75, 3.05) is 18.9 Å². The molecular formula is C12H15BrN4O. The zero-order valence-electron chi connectivity index (χ0n) is 10.1. The van der Waals surface area contributed by atoms with E-state index < -0.39 is 0 Å². The summed E-state index contributed by atoms with van der Waals surface area (Å²) in [5.74, 6) is 1.00. The monoisotopic (exact) mass is 310 g/mol. The van der Waals surface area contributed by atoms with E-state index >= 15 is 0 Å². The zero-order valence-corrected chi connectivity index (χ0v) is 11.7. The predicted octanol–water partition coefficient (Wildman–Crippen LogP) is 2.37. The lowest BCUT2D eigenvalue weighted by atomic mass is 10.0. The maximum absolute atomic E-state index is 6.03. The Morgan fingerprint density at radius 3 is 3.17 bits per heavy atom. The Labute approximate surface area is 113 Å². The standard InChI is InChI=1S/C12H15BrN4O/c1-7(8-2-3-18-6-8)17-11-10(16-12(17)14)4-9(13)5-15-11/h4-5,7-8H,2-3,6H2,1H3,(H2,14,16).